The van der Waals surface area contributed by atoms with Crippen LogP contribution < -0.4 is 9.80 Å². The maximum Gasteiger partial charge on any atom is 0.349 e. The van der Waals surface area contributed by atoms with E-state index in [0.29, 0.717) is 36.4 Å². The molecule has 0 unspecified atom stereocenters. The van der Waals surface area contributed by atoms with Crippen LogP contribution in [0.2, 0.25) is 0 Å². The highest BCUT2D eigenvalue weighted by Gasteiger charge is 2.27. The zero-order chi connectivity index (χ0) is 40.6. The lowest BCUT2D eigenvalue weighted by atomic mass is 10.1. The molecule has 0 saturated heterocycles. The number of carbonyl (C=O) groups is 2. The third kappa shape index (κ3) is 15.3. The first-order valence-corrected chi connectivity index (χ1v) is 21.8. The number of benzene rings is 2. The largest absolute Gasteiger partial charge is 0.465 e. The van der Waals surface area contributed by atoms with Gasteiger partial charge in [-0.3, -0.25) is 0 Å². The number of unbranched alkanes of at least 4 members (excludes halogenated alkanes) is 8. The van der Waals surface area contributed by atoms with Gasteiger partial charge in [-0.05, 0) is 80.0 Å². The highest BCUT2D eigenvalue weighted by molar-refractivity contribution is 8.04. The standard InChI is InChI=1S/C45H54N2O8S2/c1-3-4-5-6-9-18-35-55-44(48)40(56-38-23-12-10-13-24-38)27-19-33-46(42-29-21-36-53-42)31-16-7-8-17-32-47(43-30-22-37-54-43)34-20-28-41(45(49)52-2)57(50,51)39-25-14-11-15-26-39/h10-15,19-30,33-34,36-37H,3-9,16-18,31-32,35H2,1-2H3/b33-19+,34-20+,40-27-,41-28-. The topological polar surface area (TPSA) is 120 Å². The molecule has 0 spiro atoms. The van der Waals surface area contributed by atoms with Crippen molar-refractivity contribution in [3.05, 3.63) is 144 Å². The van der Waals surface area contributed by atoms with Crippen molar-refractivity contribution in [3.63, 3.8) is 0 Å². The van der Waals surface area contributed by atoms with Gasteiger partial charge in [-0.2, -0.15) is 0 Å². The smallest absolute Gasteiger partial charge is 0.349 e. The molecule has 4 aromatic rings. The molecule has 0 radical (unpaired) electrons. The van der Waals surface area contributed by atoms with E-state index in [-0.39, 0.29) is 10.9 Å². The fourth-order valence-electron chi connectivity index (χ4n) is 5.74. The second kappa shape index (κ2) is 25.1. The van der Waals surface area contributed by atoms with E-state index < -0.39 is 20.7 Å². The van der Waals surface area contributed by atoms with Crippen molar-refractivity contribution in [1.82, 2.24) is 0 Å². The summed E-state index contributed by atoms with van der Waals surface area (Å²) in [6.07, 6.45) is 23.5. The molecule has 0 N–H and O–H groups in total. The Bertz CT molecular complexity index is 1970. The van der Waals surface area contributed by atoms with Crippen LogP contribution in [0.3, 0.4) is 0 Å². The van der Waals surface area contributed by atoms with Crippen molar-refractivity contribution in [3.8, 4) is 0 Å². The van der Waals surface area contributed by atoms with Gasteiger partial charge in [0.05, 0.1) is 36.0 Å². The van der Waals surface area contributed by atoms with Gasteiger partial charge in [0, 0.05) is 42.5 Å². The van der Waals surface area contributed by atoms with Gasteiger partial charge >= 0.3 is 11.9 Å². The van der Waals surface area contributed by atoms with Crippen LogP contribution in [0.5, 0.6) is 0 Å². The van der Waals surface area contributed by atoms with Gasteiger partial charge in [0.2, 0.25) is 9.84 Å². The summed E-state index contributed by atoms with van der Waals surface area (Å²) in [6, 6.07) is 24.9. The number of methoxy groups -OCH3 is 1. The molecular formula is C45H54N2O8S2. The highest BCUT2D eigenvalue weighted by atomic mass is 32.2. The number of rotatable bonds is 26. The second-order valence-electron chi connectivity index (χ2n) is 13.1. The van der Waals surface area contributed by atoms with Crippen molar-refractivity contribution >= 4 is 45.3 Å². The lowest BCUT2D eigenvalue weighted by Gasteiger charge is -2.18. The van der Waals surface area contributed by atoms with Crippen molar-refractivity contribution < 1.29 is 36.3 Å². The van der Waals surface area contributed by atoms with E-state index in [1.165, 1.54) is 55.3 Å². The summed E-state index contributed by atoms with van der Waals surface area (Å²) in [5.74, 6) is 0.00586. The summed E-state index contributed by atoms with van der Waals surface area (Å²) in [4.78, 5) is 30.6. The average Bonchev–Trinajstić information content (AvgIpc) is 3.98. The molecule has 2 aromatic heterocycles. The number of nitrogens with zero attached hydrogens (tertiary/aromatic N) is 2. The molecule has 0 aliphatic rings. The number of carbonyl (C=O) groups excluding carboxylic acids is 2. The average molecular weight is 815 g/mol. The first-order valence-electron chi connectivity index (χ1n) is 19.5. The van der Waals surface area contributed by atoms with Crippen LogP contribution in [0.15, 0.2) is 163 Å². The summed E-state index contributed by atoms with van der Waals surface area (Å²) in [5, 5.41) is 0. The van der Waals surface area contributed by atoms with Crippen molar-refractivity contribution in [1.29, 1.82) is 0 Å². The summed E-state index contributed by atoms with van der Waals surface area (Å²) < 4.78 is 48.3. The van der Waals surface area contributed by atoms with E-state index in [1.54, 1.807) is 49.1 Å². The molecule has 4 rings (SSSR count). The van der Waals surface area contributed by atoms with Gasteiger partial charge in [0.15, 0.2) is 16.7 Å². The monoisotopic (exact) mass is 814 g/mol. The molecule has 12 heteroatoms. The Hall–Kier alpha value is -5.20. The number of allylic oxidation sites excluding steroid dienone is 4. The maximum absolute atomic E-state index is 13.2. The van der Waals surface area contributed by atoms with Gasteiger partial charge in [-0.15, -0.1) is 0 Å². The van der Waals surface area contributed by atoms with E-state index in [2.05, 4.69) is 6.92 Å². The van der Waals surface area contributed by atoms with Crippen LogP contribution in [-0.2, 0) is 28.9 Å². The lowest BCUT2D eigenvalue weighted by Crippen LogP contribution is -2.18. The van der Waals surface area contributed by atoms with Crippen molar-refractivity contribution in [2.24, 2.45) is 0 Å². The summed E-state index contributed by atoms with van der Waals surface area (Å²) in [5.41, 5.74) is 0. The number of esters is 2. The third-order valence-electron chi connectivity index (χ3n) is 8.79. The molecule has 57 heavy (non-hydrogen) atoms. The number of hydrogen-bond donors (Lipinski definition) is 0. The number of thioether (sulfide) groups is 1. The molecule has 2 aromatic carbocycles. The third-order valence-corrected chi connectivity index (χ3v) is 11.6. The summed E-state index contributed by atoms with van der Waals surface area (Å²) in [6.45, 7) is 3.89. The van der Waals surface area contributed by atoms with Crippen LogP contribution >= 0.6 is 11.8 Å². The highest BCUT2D eigenvalue weighted by Crippen LogP contribution is 2.28. The van der Waals surface area contributed by atoms with Crippen molar-refractivity contribution in [2.75, 3.05) is 36.6 Å². The van der Waals surface area contributed by atoms with E-state index in [0.717, 1.165) is 57.0 Å². The SMILES string of the molecule is CCCCCCCCOC(=O)/C(=C/C=C/N(CCCCCCN(/C=C/C=C(/C(=O)OC)S(=O)(=O)c1ccccc1)c1ccco1)c1ccco1)Sc1ccccc1. The Labute approximate surface area is 341 Å². The van der Waals surface area contributed by atoms with Crippen LogP contribution in [-0.4, -0.2) is 47.2 Å². The molecule has 304 valence electrons. The lowest BCUT2D eigenvalue weighted by molar-refractivity contribution is -0.138. The number of anilines is 2. The van der Waals surface area contributed by atoms with Crippen LogP contribution in [0, 0.1) is 0 Å². The molecule has 0 amide bonds. The zero-order valence-electron chi connectivity index (χ0n) is 32.9. The Kier molecular flexibility index (Phi) is 19.6. The Morgan fingerprint density at radius 3 is 1.77 bits per heavy atom. The quantitative estimate of drug-likeness (QED) is 0.0198. The molecule has 2 heterocycles. The molecule has 0 aliphatic heterocycles. The summed E-state index contributed by atoms with van der Waals surface area (Å²) in [7, 11) is -2.95. The molecule has 0 fully saturated rings. The Morgan fingerprint density at radius 2 is 1.21 bits per heavy atom. The number of ether oxygens (including phenoxy) is 2. The normalized spacial score (nSPS) is 12.3. The minimum absolute atomic E-state index is 0.00102. The molecule has 10 nitrogen and oxygen atoms in total. The molecular weight excluding hydrogens is 761 g/mol. The minimum atomic E-state index is -4.10. The molecule has 0 bridgehead atoms. The van der Waals surface area contributed by atoms with Gasteiger partial charge in [-0.1, -0.05) is 100 Å². The van der Waals surface area contributed by atoms with E-state index in [1.807, 2.05) is 70.6 Å². The zero-order valence-corrected chi connectivity index (χ0v) is 34.5. The fourth-order valence-corrected chi connectivity index (χ4v) is 7.91. The van der Waals surface area contributed by atoms with Gasteiger partial charge in [0.1, 0.15) is 0 Å². The van der Waals surface area contributed by atoms with Gasteiger partial charge < -0.3 is 28.1 Å². The first-order chi connectivity index (χ1) is 27.8. The van der Waals surface area contributed by atoms with Gasteiger partial charge in [-0.25, -0.2) is 18.0 Å². The number of sulfone groups is 1. The van der Waals surface area contributed by atoms with E-state index in [9.17, 15) is 18.0 Å². The predicted octanol–water partition coefficient (Wildman–Crippen LogP) is 10.9. The minimum Gasteiger partial charge on any atom is -0.465 e. The molecule has 0 aliphatic carbocycles. The van der Waals surface area contributed by atoms with E-state index >= 15 is 0 Å². The Morgan fingerprint density at radius 1 is 0.667 bits per heavy atom. The van der Waals surface area contributed by atoms with Gasteiger partial charge in [0.25, 0.3) is 0 Å². The van der Waals surface area contributed by atoms with Crippen molar-refractivity contribution in [2.45, 2.75) is 80.9 Å². The van der Waals surface area contributed by atoms with E-state index in [4.69, 9.17) is 18.3 Å². The fraction of sp³-hybridized carbons (Fsp3) is 0.333. The number of hydrogen-bond acceptors (Lipinski definition) is 11. The van der Waals surface area contributed by atoms with Crippen LogP contribution in [0.4, 0.5) is 11.8 Å². The maximum atomic E-state index is 13.2. The molecule has 0 atom stereocenters. The second-order valence-corrected chi connectivity index (χ2v) is 16.1. The predicted molar refractivity (Wildman–Crippen MR) is 227 cm³/mol. The first kappa shape index (κ1) is 44.5. The molecule has 0 saturated carbocycles. The van der Waals surface area contributed by atoms with Crippen LogP contribution in [0.1, 0.15) is 71.1 Å². The number of furan rings is 2. The van der Waals surface area contributed by atoms with Crippen LogP contribution in [0.25, 0.3) is 0 Å². The Balaban J connectivity index is 1.34. The summed E-state index contributed by atoms with van der Waals surface area (Å²) >= 11 is 1.38.